The summed E-state index contributed by atoms with van der Waals surface area (Å²) in [5.41, 5.74) is -1.13. The highest BCUT2D eigenvalue weighted by atomic mass is 32.2. The number of H-pyrrole nitrogens is 1. The number of fused-ring (bicyclic) bond motifs is 1. The number of hydrogen-bond donors (Lipinski definition) is 3. The summed E-state index contributed by atoms with van der Waals surface area (Å²) in [5, 5.41) is 3.25. The molecule has 1 aliphatic rings. The molecule has 1 fully saturated rings. The zero-order valence-electron chi connectivity index (χ0n) is 12.5. The lowest BCUT2D eigenvalue weighted by Crippen LogP contribution is -2.37. The van der Waals surface area contributed by atoms with Crippen LogP contribution in [-0.4, -0.2) is 42.1 Å². The maximum Gasteiger partial charge on any atom is 0.329 e. The van der Waals surface area contributed by atoms with Gasteiger partial charge in [0, 0.05) is 25.8 Å². The Balaban J connectivity index is 1.96. The normalized spacial score (nSPS) is 18.6. The van der Waals surface area contributed by atoms with Gasteiger partial charge in [-0.25, -0.2) is 22.9 Å². The molecule has 23 heavy (non-hydrogen) atoms. The zero-order valence-corrected chi connectivity index (χ0v) is 13.3. The van der Waals surface area contributed by atoms with Crippen LogP contribution in [0.4, 0.5) is 0 Å². The van der Waals surface area contributed by atoms with Gasteiger partial charge in [0.05, 0.1) is 5.39 Å². The summed E-state index contributed by atoms with van der Waals surface area (Å²) >= 11 is 0. The molecule has 3 rings (SSSR count). The number of aromatic nitrogens is 3. The first-order valence-corrected chi connectivity index (χ1v) is 8.69. The third-order valence-electron chi connectivity index (χ3n) is 3.92. The van der Waals surface area contributed by atoms with E-state index in [2.05, 4.69) is 20.0 Å². The highest BCUT2D eigenvalue weighted by Crippen LogP contribution is 2.13. The quantitative estimate of drug-likeness (QED) is 0.632. The van der Waals surface area contributed by atoms with Gasteiger partial charge in [0.15, 0.2) is 0 Å². The van der Waals surface area contributed by atoms with E-state index in [0.717, 1.165) is 30.2 Å². The molecule has 3 heterocycles. The fourth-order valence-electron chi connectivity index (χ4n) is 2.59. The number of nitrogens with zero attached hydrogens (tertiary/aromatic N) is 2. The molecule has 124 valence electrons. The highest BCUT2D eigenvalue weighted by Gasteiger charge is 2.20. The lowest BCUT2D eigenvalue weighted by atomic mass is 10.2. The molecule has 2 aromatic rings. The van der Waals surface area contributed by atoms with Crippen molar-refractivity contribution in [1.29, 1.82) is 0 Å². The van der Waals surface area contributed by atoms with E-state index in [1.54, 1.807) is 0 Å². The van der Waals surface area contributed by atoms with Gasteiger partial charge in [0.1, 0.15) is 10.5 Å². The Morgan fingerprint density at radius 3 is 2.91 bits per heavy atom. The first-order chi connectivity index (χ1) is 10.9. The number of rotatable bonds is 4. The molecule has 0 aliphatic carbocycles. The molecule has 1 unspecified atom stereocenters. The molecule has 0 amide bonds. The van der Waals surface area contributed by atoms with E-state index in [1.165, 1.54) is 13.1 Å². The second-order valence-corrected chi connectivity index (χ2v) is 7.27. The Bertz CT molecular complexity index is 956. The number of sulfonamides is 1. The molecule has 0 aromatic carbocycles. The number of aromatic amines is 1. The van der Waals surface area contributed by atoms with Crippen molar-refractivity contribution in [2.24, 2.45) is 7.05 Å². The number of nitrogens with one attached hydrogen (secondary N) is 3. The van der Waals surface area contributed by atoms with Crippen LogP contribution in [0, 0.1) is 0 Å². The van der Waals surface area contributed by atoms with Gasteiger partial charge in [-0.2, -0.15) is 0 Å². The molecule has 0 saturated carbocycles. The van der Waals surface area contributed by atoms with Gasteiger partial charge in [-0.1, -0.05) is 0 Å². The Morgan fingerprint density at radius 1 is 1.43 bits per heavy atom. The Kier molecular flexibility index (Phi) is 4.04. The summed E-state index contributed by atoms with van der Waals surface area (Å²) in [4.78, 5) is 29.4. The monoisotopic (exact) mass is 339 g/mol. The molecule has 2 aromatic heterocycles. The topological polar surface area (TPSA) is 126 Å². The van der Waals surface area contributed by atoms with Gasteiger partial charge >= 0.3 is 5.69 Å². The fourth-order valence-corrected chi connectivity index (χ4v) is 3.64. The Morgan fingerprint density at radius 2 is 2.22 bits per heavy atom. The predicted molar refractivity (Wildman–Crippen MR) is 83.8 cm³/mol. The molecule has 1 atom stereocenters. The zero-order chi connectivity index (χ0) is 16.6. The lowest BCUT2D eigenvalue weighted by Gasteiger charge is -2.12. The van der Waals surface area contributed by atoms with Gasteiger partial charge in [-0.15, -0.1) is 0 Å². The van der Waals surface area contributed by atoms with Crippen LogP contribution in [0.5, 0.6) is 0 Å². The summed E-state index contributed by atoms with van der Waals surface area (Å²) < 4.78 is 28.3. The molecule has 1 aliphatic heterocycles. The molecule has 9 nitrogen and oxygen atoms in total. The maximum absolute atomic E-state index is 12.3. The number of hydrogen-bond acceptors (Lipinski definition) is 6. The van der Waals surface area contributed by atoms with Crippen molar-refractivity contribution in [2.75, 3.05) is 13.1 Å². The van der Waals surface area contributed by atoms with Gasteiger partial charge < -0.3 is 5.32 Å². The van der Waals surface area contributed by atoms with E-state index < -0.39 is 21.3 Å². The van der Waals surface area contributed by atoms with E-state index in [4.69, 9.17) is 0 Å². The van der Waals surface area contributed by atoms with E-state index in [0.29, 0.717) is 0 Å². The summed E-state index contributed by atoms with van der Waals surface area (Å²) in [6.07, 6.45) is 3.08. The Labute approximate surface area is 131 Å². The van der Waals surface area contributed by atoms with Crippen LogP contribution in [0.1, 0.15) is 12.8 Å². The SMILES string of the molecule is Cn1c(=O)[nH]c(=O)c2cc(S(=O)(=O)NCC3CCCN3)cnc21. The fraction of sp³-hybridized carbons (Fsp3) is 0.462. The molecule has 0 bridgehead atoms. The van der Waals surface area contributed by atoms with Gasteiger partial charge in [-0.05, 0) is 25.5 Å². The van der Waals surface area contributed by atoms with E-state index in [-0.39, 0.29) is 28.5 Å². The number of aryl methyl sites for hydroxylation is 1. The van der Waals surface area contributed by atoms with Crippen molar-refractivity contribution in [3.63, 3.8) is 0 Å². The van der Waals surface area contributed by atoms with Crippen molar-refractivity contribution in [1.82, 2.24) is 24.6 Å². The highest BCUT2D eigenvalue weighted by molar-refractivity contribution is 7.89. The largest absolute Gasteiger partial charge is 0.329 e. The van der Waals surface area contributed by atoms with Crippen LogP contribution < -0.4 is 21.3 Å². The standard InChI is InChI=1S/C13H17N5O4S/c1-18-11-10(12(19)17-13(18)20)5-9(7-15-11)23(21,22)16-6-8-3-2-4-14-8/h5,7-8,14,16H,2-4,6H2,1H3,(H,17,19,20). The molecule has 3 N–H and O–H groups in total. The van der Waals surface area contributed by atoms with Crippen molar-refractivity contribution < 1.29 is 8.42 Å². The summed E-state index contributed by atoms with van der Waals surface area (Å²) in [5.74, 6) is 0. The minimum Gasteiger partial charge on any atom is -0.313 e. The van der Waals surface area contributed by atoms with Crippen LogP contribution in [0.3, 0.4) is 0 Å². The lowest BCUT2D eigenvalue weighted by molar-refractivity contribution is 0.551. The second-order valence-electron chi connectivity index (χ2n) is 5.51. The summed E-state index contributed by atoms with van der Waals surface area (Å²) in [6, 6.07) is 1.34. The molecular weight excluding hydrogens is 322 g/mol. The third-order valence-corrected chi connectivity index (χ3v) is 5.31. The average molecular weight is 339 g/mol. The third kappa shape index (κ3) is 3.05. The first-order valence-electron chi connectivity index (χ1n) is 7.20. The second kappa shape index (κ2) is 5.87. The molecular formula is C13H17N5O4S. The summed E-state index contributed by atoms with van der Waals surface area (Å²) in [7, 11) is -2.32. The first kappa shape index (κ1) is 15.8. The maximum atomic E-state index is 12.3. The van der Waals surface area contributed by atoms with Crippen molar-refractivity contribution in [2.45, 2.75) is 23.8 Å². The summed E-state index contributed by atoms with van der Waals surface area (Å²) in [6.45, 7) is 1.16. The van der Waals surface area contributed by atoms with Crippen LogP contribution >= 0.6 is 0 Å². The van der Waals surface area contributed by atoms with E-state index in [9.17, 15) is 18.0 Å². The van der Waals surface area contributed by atoms with Crippen LogP contribution in [0.15, 0.2) is 26.7 Å². The average Bonchev–Trinajstić information content (AvgIpc) is 3.04. The van der Waals surface area contributed by atoms with Gasteiger partial charge in [-0.3, -0.25) is 14.3 Å². The van der Waals surface area contributed by atoms with Crippen LogP contribution in [-0.2, 0) is 17.1 Å². The minimum atomic E-state index is -3.77. The smallest absolute Gasteiger partial charge is 0.313 e. The van der Waals surface area contributed by atoms with Crippen LogP contribution in [0.2, 0.25) is 0 Å². The van der Waals surface area contributed by atoms with Gasteiger partial charge in [0.25, 0.3) is 5.56 Å². The van der Waals surface area contributed by atoms with Crippen molar-refractivity contribution >= 4 is 21.1 Å². The van der Waals surface area contributed by atoms with E-state index in [1.807, 2.05) is 0 Å². The predicted octanol–water partition coefficient (Wildman–Crippen LogP) is -1.35. The van der Waals surface area contributed by atoms with Gasteiger partial charge in [0.2, 0.25) is 10.0 Å². The molecule has 10 heteroatoms. The van der Waals surface area contributed by atoms with E-state index >= 15 is 0 Å². The molecule has 1 saturated heterocycles. The number of pyridine rings is 1. The van der Waals surface area contributed by atoms with Crippen molar-refractivity contribution in [3.8, 4) is 0 Å². The molecule has 0 spiro atoms. The molecule has 0 radical (unpaired) electrons. The Hall–Kier alpha value is -2.04. The van der Waals surface area contributed by atoms with Crippen LogP contribution in [0.25, 0.3) is 11.0 Å². The van der Waals surface area contributed by atoms with Crippen molar-refractivity contribution in [3.05, 3.63) is 33.1 Å². The minimum absolute atomic E-state index is 0.0500.